The lowest BCUT2D eigenvalue weighted by atomic mass is 9.96. The molecule has 1 saturated heterocycles. The quantitative estimate of drug-likeness (QED) is 0.729. The van der Waals surface area contributed by atoms with E-state index in [9.17, 15) is 9.59 Å². The van der Waals surface area contributed by atoms with Crippen LogP contribution in [0.1, 0.15) is 28.8 Å². The van der Waals surface area contributed by atoms with E-state index in [0.717, 1.165) is 18.4 Å². The van der Waals surface area contributed by atoms with Gasteiger partial charge < -0.3 is 19.7 Å². The molecule has 1 heterocycles. The van der Waals surface area contributed by atoms with Crippen LogP contribution in [0.25, 0.3) is 0 Å². The van der Waals surface area contributed by atoms with Crippen molar-refractivity contribution in [1.29, 1.82) is 0 Å². The molecule has 0 saturated carbocycles. The third kappa shape index (κ3) is 5.25. The van der Waals surface area contributed by atoms with Crippen LogP contribution < -0.4 is 14.8 Å². The maximum absolute atomic E-state index is 12.8. The van der Waals surface area contributed by atoms with Gasteiger partial charge in [0.25, 0.3) is 5.91 Å². The minimum atomic E-state index is -0.212. The molecule has 1 fully saturated rings. The number of ether oxygens (including phenoxy) is 2. The summed E-state index contributed by atoms with van der Waals surface area (Å²) in [6, 6.07) is 12.7. The first kappa shape index (κ1) is 22.0. The molecule has 1 aliphatic rings. The molecule has 1 aliphatic heterocycles. The van der Waals surface area contributed by atoms with Gasteiger partial charge in [-0.1, -0.05) is 29.8 Å². The smallest absolute Gasteiger partial charge is 0.255 e. The van der Waals surface area contributed by atoms with E-state index < -0.39 is 0 Å². The predicted molar refractivity (Wildman–Crippen MR) is 116 cm³/mol. The third-order valence-corrected chi connectivity index (χ3v) is 5.67. The summed E-state index contributed by atoms with van der Waals surface area (Å²) in [5, 5.41) is 3.44. The second-order valence-electron chi connectivity index (χ2n) is 7.30. The number of nitrogens with zero attached hydrogens (tertiary/aromatic N) is 1. The van der Waals surface area contributed by atoms with Crippen LogP contribution in [0, 0.1) is 5.92 Å². The standard InChI is InChI=1S/C23H27ClN2O4/c1-29-20-10-9-16(14-21(20)30-2)11-12-25-22(27)17-6-5-13-26(15-17)23(28)18-7-3-4-8-19(18)24/h3-4,7-10,14,17H,5-6,11-13,15H2,1-2H3,(H,25,27)/t17-/m0/s1. The minimum Gasteiger partial charge on any atom is -0.493 e. The number of carbonyl (C=O) groups excluding carboxylic acids is 2. The normalized spacial score (nSPS) is 16.1. The molecule has 0 radical (unpaired) electrons. The van der Waals surface area contributed by atoms with Crippen molar-refractivity contribution < 1.29 is 19.1 Å². The van der Waals surface area contributed by atoms with Gasteiger partial charge in [0.15, 0.2) is 11.5 Å². The van der Waals surface area contributed by atoms with Gasteiger partial charge in [-0.25, -0.2) is 0 Å². The summed E-state index contributed by atoms with van der Waals surface area (Å²) in [4.78, 5) is 27.2. The zero-order chi connectivity index (χ0) is 21.5. The van der Waals surface area contributed by atoms with E-state index in [4.69, 9.17) is 21.1 Å². The summed E-state index contributed by atoms with van der Waals surface area (Å²) in [5.41, 5.74) is 1.53. The summed E-state index contributed by atoms with van der Waals surface area (Å²) in [7, 11) is 3.20. The molecule has 0 bridgehead atoms. The number of rotatable bonds is 7. The van der Waals surface area contributed by atoms with Gasteiger partial charge in [0.2, 0.25) is 5.91 Å². The minimum absolute atomic E-state index is 0.0212. The van der Waals surface area contributed by atoms with Crippen LogP contribution in [0.5, 0.6) is 11.5 Å². The summed E-state index contributed by atoms with van der Waals surface area (Å²) >= 11 is 6.16. The monoisotopic (exact) mass is 430 g/mol. The molecule has 30 heavy (non-hydrogen) atoms. The third-order valence-electron chi connectivity index (χ3n) is 5.34. The van der Waals surface area contributed by atoms with Crippen molar-refractivity contribution in [3.05, 3.63) is 58.6 Å². The van der Waals surface area contributed by atoms with E-state index in [1.165, 1.54) is 0 Å². The molecule has 0 unspecified atom stereocenters. The Labute approximate surface area is 182 Å². The molecule has 3 rings (SSSR count). The largest absolute Gasteiger partial charge is 0.493 e. The van der Waals surface area contributed by atoms with E-state index in [-0.39, 0.29) is 17.7 Å². The van der Waals surface area contributed by atoms with E-state index in [0.29, 0.717) is 48.1 Å². The number of amides is 2. The maximum atomic E-state index is 12.8. The van der Waals surface area contributed by atoms with Crippen LogP contribution in [-0.4, -0.2) is 50.6 Å². The summed E-state index contributed by atoms with van der Waals surface area (Å²) in [6.07, 6.45) is 2.25. The summed E-state index contributed by atoms with van der Waals surface area (Å²) in [5.74, 6) is 0.990. The van der Waals surface area contributed by atoms with Crippen LogP contribution in [0.2, 0.25) is 5.02 Å². The Bertz CT molecular complexity index is 903. The van der Waals surface area contributed by atoms with Crippen LogP contribution in [-0.2, 0) is 11.2 Å². The van der Waals surface area contributed by atoms with Crippen LogP contribution in [0.3, 0.4) is 0 Å². The molecule has 2 amide bonds. The van der Waals surface area contributed by atoms with Gasteiger partial charge >= 0.3 is 0 Å². The molecule has 6 nitrogen and oxygen atoms in total. The molecular formula is C23H27ClN2O4. The Morgan fingerprint density at radius 3 is 2.63 bits per heavy atom. The Balaban J connectivity index is 1.53. The van der Waals surface area contributed by atoms with Crippen LogP contribution in [0.15, 0.2) is 42.5 Å². The Kier molecular flexibility index (Phi) is 7.57. The van der Waals surface area contributed by atoms with Crippen molar-refractivity contribution in [2.75, 3.05) is 33.9 Å². The van der Waals surface area contributed by atoms with Crippen molar-refractivity contribution in [3.8, 4) is 11.5 Å². The fourth-order valence-corrected chi connectivity index (χ4v) is 3.91. The number of likely N-dealkylation sites (tertiary alicyclic amines) is 1. The second kappa shape index (κ2) is 10.3. The topological polar surface area (TPSA) is 67.9 Å². The first-order chi connectivity index (χ1) is 14.5. The van der Waals surface area contributed by atoms with Crippen molar-refractivity contribution >= 4 is 23.4 Å². The van der Waals surface area contributed by atoms with Crippen molar-refractivity contribution in [1.82, 2.24) is 10.2 Å². The van der Waals surface area contributed by atoms with Gasteiger partial charge in [-0.15, -0.1) is 0 Å². The van der Waals surface area contributed by atoms with Gasteiger partial charge in [0.1, 0.15) is 0 Å². The highest BCUT2D eigenvalue weighted by Gasteiger charge is 2.29. The molecule has 2 aromatic carbocycles. The number of piperidine rings is 1. The second-order valence-corrected chi connectivity index (χ2v) is 7.71. The van der Waals surface area contributed by atoms with Crippen molar-refractivity contribution in [3.63, 3.8) is 0 Å². The van der Waals surface area contributed by atoms with Gasteiger partial charge in [-0.2, -0.15) is 0 Å². The summed E-state index contributed by atoms with van der Waals surface area (Å²) < 4.78 is 10.6. The lowest BCUT2D eigenvalue weighted by Gasteiger charge is -2.32. The van der Waals surface area contributed by atoms with Crippen molar-refractivity contribution in [2.45, 2.75) is 19.3 Å². The predicted octanol–water partition coefficient (Wildman–Crippen LogP) is 3.57. The lowest BCUT2D eigenvalue weighted by Crippen LogP contribution is -2.45. The van der Waals surface area contributed by atoms with Gasteiger partial charge in [0.05, 0.1) is 30.7 Å². The molecule has 160 valence electrons. The molecule has 7 heteroatoms. The highest BCUT2D eigenvalue weighted by Crippen LogP contribution is 2.27. The Morgan fingerprint density at radius 2 is 1.90 bits per heavy atom. The molecule has 0 aromatic heterocycles. The van der Waals surface area contributed by atoms with E-state index in [2.05, 4.69) is 5.32 Å². The molecule has 2 aromatic rings. The molecule has 0 spiro atoms. The highest BCUT2D eigenvalue weighted by atomic mass is 35.5. The molecular weight excluding hydrogens is 404 g/mol. The number of carbonyl (C=O) groups is 2. The number of halogens is 1. The van der Waals surface area contributed by atoms with Crippen LogP contribution in [0.4, 0.5) is 0 Å². The number of benzene rings is 2. The van der Waals surface area contributed by atoms with Crippen molar-refractivity contribution in [2.24, 2.45) is 5.92 Å². The molecule has 1 atom stereocenters. The van der Waals surface area contributed by atoms with Crippen LogP contribution >= 0.6 is 11.6 Å². The Hall–Kier alpha value is -2.73. The number of hydrogen-bond donors (Lipinski definition) is 1. The first-order valence-electron chi connectivity index (χ1n) is 10.1. The highest BCUT2D eigenvalue weighted by molar-refractivity contribution is 6.33. The fraction of sp³-hybridized carbons (Fsp3) is 0.391. The number of nitrogens with one attached hydrogen (secondary N) is 1. The fourth-order valence-electron chi connectivity index (χ4n) is 3.69. The zero-order valence-corrected chi connectivity index (χ0v) is 18.1. The number of hydrogen-bond acceptors (Lipinski definition) is 4. The lowest BCUT2D eigenvalue weighted by molar-refractivity contribution is -0.126. The molecule has 1 N–H and O–H groups in total. The van der Waals surface area contributed by atoms with E-state index in [1.807, 2.05) is 18.2 Å². The summed E-state index contributed by atoms with van der Waals surface area (Å²) in [6.45, 7) is 1.56. The van der Waals surface area contributed by atoms with E-state index >= 15 is 0 Å². The average molecular weight is 431 g/mol. The van der Waals surface area contributed by atoms with Gasteiger partial charge in [-0.3, -0.25) is 9.59 Å². The number of methoxy groups -OCH3 is 2. The maximum Gasteiger partial charge on any atom is 0.255 e. The SMILES string of the molecule is COc1ccc(CCNC(=O)[C@H]2CCCN(C(=O)c3ccccc3Cl)C2)cc1OC. The van der Waals surface area contributed by atoms with E-state index in [1.54, 1.807) is 43.4 Å². The first-order valence-corrected chi connectivity index (χ1v) is 10.4. The van der Waals surface area contributed by atoms with Gasteiger partial charge in [0, 0.05) is 19.6 Å². The molecule has 0 aliphatic carbocycles. The Morgan fingerprint density at radius 1 is 1.13 bits per heavy atom. The average Bonchev–Trinajstić information content (AvgIpc) is 2.78. The zero-order valence-electron chi connectivity index (χ0n) is 17.3. The van der Waals surface area contributed by atoms with Gasteiger partial charge in [-0.05, 0) is 49.1 Å².